The molecule has 10 heteroatoms. The van der Waals surface area contributed by atoms with Gasteiger partial charge in [0.2, 0.25) is 0 Å². The number of hydrogen-bond donors (Lipinski definition) is 3. The zero-order valence-corrected chi connectivity index (χ0v) is 13.9. The number of thiazole rings is 1. The molecule has 2 heterocycles. The molecule has 2 aromatic heterocycles. The molecule has 6 nitrogen and oxygen atoms in total. The maximum absolute atomic E-state index is 12.6. The third-order valence-corrected chi connectivity index (χ3v) is 4.35. The number of hydrogen-bond acceptors (Lipinski definition) is 5. The van der Waals surface area contributed by atoms with E-state index in [-0.39, 0.29) is 11.4 Å². The van der Waals surface area contributed by atoms with Crippen LogP contribution in [0.25, 0.3) is 10.9 Å². The summed E-state index contributed by atoms with van der Waals surface area (Å²) in [5, 5.41) is 20.1. The van der Waals surface area contributed by atoms with Crippen molar-refractivity contribution in [3.63, 3.8) is 0 Å². The highest BCUT2D eigenvalue weighted by Crippen LogP contribution is 2.33. The van der Waals surface area contributed by atoms with Crippen molar-refractivity contribution in [2.75, 3.05) is 5.32 Å². The molecule has 1 aromatic carbocycles. The molecule has 0 spiro atoms. The Labute approximate surface area is 143 Å². The van der Waals surface area contributed by atoms with E-state index in [1.165, 1.54) is 13.8 Å². The highest BCUT2D eigenvalue weighted by Gasteiger charge is 2.35. The average Bonchev–Trinajstić information content (AvgIpc) is 3.13. The molecule has 0 radical (unpaired) electrons. The van der Waals surface area contributed by atoms with Crippen LogP contribution in [0.5, 0.6) is 0 Å². The lowest BCUT2D eigenvalue weighted by Gasteiger charge is -2.22. The van der Waals surface area contributed by atoms with Crippen molar-refractivity contribution in [1.29, 1.82) is 0 Å². The molecule has 0 atom stereocenters. The van der Waals surface area contributed by atoms with Crippen LogP contribution in [0, 0.1) is 0 Å². The van der Waals surface area contributed by atoms with E-state index in [1.54, 1.807) is 18.3 Å². The summed E-state index contributed by atoms with van der Waals surface area (Å²) in [6, 6.07) is 3.19. The van der Waals surface area contributed by atoms with Crippen LogP contribution in [0.1, 0.15) is 34.9 Å². The first kappa shape index (κ1) is 17.4. The van der Waals surface area contributed by atoms with E-state index >= 15 is 0 Å². The standard InChI is InChI=1S/C15H13F3N4O2S/c1-14(2,24)8-4-9-7(5-19-22-9)3-10(8)20-12(23)11-6-25-13(21-11)15(16,17)18/h3-6,24H,1-2H3,(H,19,22)(H,20,23). The molecule has 0 aliphatic rings. The largest absolute Gasteiger partial charge is 0.443 e. The lowest BCUT2D eigenvalue weighted by atomic mass is 9.95. The molecular weight excluding hydrogens is 357 g/mol. The molecule has 1 amide bonds. The van der Waals surface area contributed by atoms with E-state index < -0.39 is 22.7 Å². The lowest BCUT2D eigenvalue weighted by molar-refractivity contribution is -0.137. The van der Waals surface area contributed by atoms with Gasteiger partial charge in [0, 0.05) is 28.2 Å². The van der Waals surface area contributed by atoms with Gasteiger partial charge in [0.15, 0.2) is 5.01 Å². The van der Waals surface area contributed by atoms with Gasteiger partial charge in [-0.15, -0.1) is 11.3 Å². The number of fused-ring (bicyclic) bond motifs is 1. The third-order valence-electron chi connectivity index (χ3n) is 3.46. The van der Waals surface area contributed by atoms with Gasteiger partial charge in [0.25, 0.3) is 5.91 Å². The zero-order chi connectivity index (χ0) is 18.4. The number of halogens is 3. The normalized spacial score (nSPS) is 12.6. The average molecular weight is 370 g/mol. The predicted octanol–water partition coefficient (Wildman–Crippen LogP) is 3.52. The number of anilines is 1. The minimum atomic E-state index is -4.60. The minimum absolute atomic E-state index is 0.271. The number of benzene rings is 1. The first-order valence-electron chi connectivity index (χ1n) is 7.10. The van der Waals surface area contributed by atoms with E-state index in [0.29, 0.717) is 27.8 Å². The molecule has 0 saturated heterocycles. The number of carbonyl (C=O) groups excluding carboxylic acids is 1. The smallest absolute Gasteiger partial charge is 0.386 e. The van der Waals surface area contributed by atoms with Gasteiger partial charge in [-0.05, 0) is 26.0 Å². The molecule has 3 rings (SSSR count). The number of nitrogens with zero attached hydrogens (tertiary/aromatic N) is 2. The predicted molar refractivity (Wildman–Crippen MR) is 86.4 cm³/mol. The summed E-state index contributed by atoms with van der Waals surface area (Å²) in [4.78, 5) is 15.6. The summed E-state index contributed by atoms with van der Waals surface area (Å²) in [5.41, 5.74) is -0.399. The van der Waals surface area contributed by atoms with Gasteiger partial charge in [0.05, 0.1) is 11.1 Å². The molecule has 132 valence electrons. The number of aromatic amines is 1. The molecule has 0 aliphatic carbocycles. The van der Waals surface area contributed by atoms with Gasteiger partial charge in [-0.2, -0.15) is 18.3 Å². The second kappa shape index (κ2) is 5.81. The number of aliphatic hydroxyl groups is 1. The highest BCUT2D eigenvalue weighted by molar-refractivity contribution is 7.10. The van der Waals surface area contributed by atoms with Crippen LogP contribution >= 0.6 is 11.3 Å². The molecule has 25 heavy (non-hydrogen) atoms. The number of amides is 1. The van der Waals surface area contributed by atoms with Crippen LogP contribution in [0.4, 0.5) is 18.9 Å². The Bertz CT molecular complexity index is 940. The molecular formula is C15H13F3N4O2S. The fraction of sp³-hybridized carbons (Fsp3) is 0.267. The second-order valence-corrected chi connectivity index (χ2v) is 6.75. The minimum Gasteiger partial charge on any atom is -0.386 e. The number of alkyl halides is 3. The summed E-state index contributed by atoms with van der Waals surface area (Å²) < 4.78 is 37.9. The van der Waals surface area contributed by atoms with Crippen molar-refractivity contribution < 1.29 is 23.1 Å². The Morgan fingerprint density at radius 2 is 2.04 bits per heavy atom. The van der Waals surface area contributed by atoms with E-state index in [1.807, 2.05) is 0 Å². The lowest BCUT2D eigenvalue weighted by Crippen LogP contribution is -2.21. The van der Waals surface area contributed by atoms with Gasteiger partial charge >= 0.3 is 6.18 Å². The topological polar surface area (TPSA) is 90.9 Å². The van der Waals surface area contributed by atoms with Crippen molar-refractivity contribution in [2.24, 2.45) is 0 Å². The summed E-state index contributed by atoms with van der Waals surface area (Å²) in [5.74, 6) is -0.792. The number of H-pyrrole nitrogens is 1. The third kappa shape index (κ3) is 3.49. The SMILES string of the molecule is CC(C)(O)c1cc2n[nH]cc2cc1NC(=O)c1csc(C(F)(F)F)n1. The van der Waals surface area contributed by atoms with E-state index in [0.717, 1.165) is 5.38 Å². The molecule has 0 aliphatic heterocycles. The quantitative estimate of drug-likeness (QED) is 0.658. The maximum Gasteiger partial charge on any atom is 0.443 e. The Balaban J connectivity index is 1.96. The summed E-state index contributed by atoms with van der Waals surface area (Å²) in [6.45, 7) is 3.06. The van der Waals surface area contributed by atoms with Crippen LogP contribution in [0.15, 0.2) is 23.7 Å². The van der Waals surface area contributed by atoms with Gasteiger partial charge in [-0.25, -0.2) is 4.98 Å². The first-order chi connectivity index (χ1) is 11.6. The van der Waals surface area contributed by atoms with E-state index in [2.05, 4.69) is 20.5 Å². The second-order valence-electron chi connectivity index (χ2n) is 5.89. The summed E-state index contributed by atoms with van der Waals surface area (Å²) in [7, 11) is 0. The van der Waals surface area contributed by atoms with Crippen LogP contribution < -0.4 is 5.32 Å². The zero-order valence-electron chi connectivity index (χ0n) is 13.1. The van der Waals surface area contributed by atoms with Crippen LogP contribution in [0.3, 0.4) is 0 Å². The highest BCUT2D eigenvalue weighted by atomic mass is 32.1. The summed E-state index contributed by atoms with van der Waals surface area (Å²) >= 11 is 0.348. The molecule has 3 aromatic rings. The Morgan fingerprint density at radius 1 is 1.32 bits per heavy atom. The molecule has 3 N–H and O–H groups in total. The first-order valence-corrected chi connectivity index (χ1v) is 7.98. The van der Waals surface area contributed by atoms with Crippen molar-refractivity contribution in [3.8, 4) is 0 Å². The maximum atomic E-state index is 12.6. The van der Waals surface area contributed by atoms with Crippen molar-refractivity contribution in [2.45, 2.75) is 25.6 Å². The number of rotatable bonds is 3. The number of aromatic nitrogens is 3. The van der Waals surface area contributed by atoms with Gasteiger partial charge in [-0.1, -0.05) is 0 Å². The van der Waals surface area contributed by atoms with Crippen molar-refractivity contribution >= 4 is 33.8 Å². The fourth-order valence-electron chi connectivity index (χ4n) is 2.29. The van der Waals surface area contributed by atoms with Crippen molar-refractivity contribution in [1.82, 2.24) is 15.2 Å². The van der Waals surface area contributed by atoms with Crippen molar-refractivity contribution in [3.05, 3.63) is 40.0 Å². The van der Waals surface area contributed by atoms with Gasteiger partial charge < -0.3 is 10.4 Å². The molecule has 0 fully saturated rings. The van der Waals surface area contributed by atoms with Crippen LogP contribution in [0.2, 0.25) is 0 Å². The number of carbonyl (C=O) groups is 1. The van der Waals surface area contributed by atoms with Crippen LogP contribution in [-0.2, 0) is 11.8 Å². The molecule has 0 bridgehead atoms. The Kier molecular flexibility index (Phi) is 4.04. The van der Waals surface area contributed by atoms with E-state index in [9.17, 15) is 23.1 Å². The Hall–Kier alpha value is -2.46. The van der Waals surface area contributed by atoms with Gasteiger partial charge in [0.1, 0.15) is 5.69 Å². The molecule has 0 unspecified atom stereocenters. The summed E-state index contributed by atoms with van der Waals surface area (Å²) in [6.07, 6.45) is -3.00. The molecule has 0 saturated carbocycles. The van der Waals surface area contributed by atoms with E-state index in [4.69, 9.17) is 0 Å². The Morgan fingerprint density at radius 3 is 2.64 bits per heavy atom. The van der Waals surface area contributed by atoms with Crippen LogP contribution in [-0.4, -0.2) is 26.2 Å². The van der Waals surface area contributed by atoms with Gasteiger partial charge in [-0.3, -0.25) is 9.89 Å². The monoisotopic (exact) mass is 370 g/mol. The number of nitrogens with one attached hydrogen (secondary N) is 2. The fourth-order valence-corrected chi connectivity index (χ4v) is 2.96.